The molecule has 1 aromatic rings. The van der Waals surface area contributed by atoms with Gasteiger partial charge in [0.05, 0.1) is 7.05 Å². The lowest BCUT2D eigenvalue weighted by Crippen LogP contribution is -2.26. The molecule has 1 saturated heterocycles. The van der Waals surface area contributed by atoms with Crippen LogP contribution in [0.15, 0.2) is 0 Å². The smallest absolute Gasteiger partial charge is 0.247 e. The molecule has 0 atom stereocenters. The van der Waals surface area contributed by atoms with Gasteiger partial charge in [0.15, 0.2) is 0 Å². The molecule has 1 aliphatic heterocycles. The zero-order valence-electron chi connectivity index (χ0n) is 8.19. The summed E-state index contributed by atoms with van der Waals surface area (Å²) in [6.07, 6.45) is 2.24. The molecule has 0 amide bonds. The van der Waals surface area contributed by atoms with E-state index in [1.807, 2.05) is 0 Å². The standard InChI is InChI=1S/C9H13N5/c1-14-12-9(11-13-14)3-2-8-4-6-10-7-5-8/h8,10H,4-7H2,1H3. The molecule has 0 aromatic carbocycles. The first kappa shape index (κ1) is 9.16. The van der Waals surface area contributed by atoms with E-state index in [4.69, 9.17) is 0 Å². The number of nitrogens with one attached hydrogen (secondary N) is 1. The fraction of sp³-hybridized carbons (Fsp3) is 0.667. The van der Waals surface area contributed by atoms with Crippen molar-refractivity contribution in [2.24, 2.45) is 13.0 Å². The van der Waals surface area contributed by atoms with Crippen molar-refractivity contribution in [1.29, 1.82) is 0 Å². The highest BCUT2D eigenvalue weighted by atomic mass is 15.6. The average molecular weight is 191 g/mol. The SMILES string of the molecule is Cn1nnc(C#CC2CCNCC2)n1. The first-order valence-corrected chi connectivity index (χ1v) is 4.81. The van der Waals surface area contributed by atoms with Crippen LogP contribution < -0.4 is 5.32 Å². The van der Waals surface area contributed by atoms with Crippen LogP contribution in [0, 0.1) is 17.8 Å². The predicted molar refractivity (Wildman–Crippen MR) is 51.3 cm³/mol. The van der Waals surface area contributed by atoms with Crippen LogP contribution in [0.5, 0.6) is 0 Å². The molecule has 0 bridgehead atoms. The van der Waals surface area contributed by atoms with Gasteiger partial charge in [-0.25, -0.2) is 0 Å². The molecule has 1 fully saturated rings. The van der Waals surface area contributed by atoms with E-state index in [1.165, 1.54) is 4.80 Å². The van der Waals surface area contributed by atoms with E-state index in [0.29, 0.717) is 11.7 Å². The molecular formula is C9H13N5. The highest BCUT2D eigenvalue weighted by Gasteiger charge is 2.09. The quantitative estimate of drug-likeness (QED) is 0.565. The van der Waals surface area contributed by atoms with Crippen LogP contribution in [0.25, 0.3) is 0 Å². The van der Waals surface area contributed by atoms with Crippen LogP contribution in [0.2, 0.25) is 0 Å². The number of rotatable bonds is 0. The minimum atomic E-state index is 0.486. The summed E-state index contributed by atoms with van der Waals surface area (Å²) in [5, 5.41) is 14.8. The van der Waals surface area contributed by atoms with Gasteiger partial charge in [0.1, 0.15) is 0 Å². The second-order valence-electron chi connectivity index (χ2n) is 3.40. The van der Waals surface area contributed by atoms with E-state index in [0.717, 1.165) is 25.9 Å². The second kappa shape index (κ2) is 4.20. The highest BCUT2D eigenvalue weighted by Crippen LogP contribution is 2.09. The van der Waals surface area contributed by atoms with Crippen molar-refractivity contribution < 1.29 is 0 Å². The van der Waals surface area contributed by atoms with Crippen LogP contribution in [0.1, 0.15) is 18.7 Å². The third-order valence-electron chi connectivity index (χ3n) is 2.24. The highest BCUT2D eigenvalue weighted by molar-refractivity contribution is 5.19. The lowest BCUT2D eigenvalue weighted by Gasteiger charge is -2.16. The first-order chi connectivity index (χ1) is 6.84. The van der Waals surface area contributed by atoms with Crippen molar-refractivity contribution in [2.45, 2.75) is 12.8 Å². The molecule has 1 aromatic heterocycles. The number of nitrogens with zero attached hydrogens (tertiary/aromatic N) is 4. The van der Waals surface area contributed by atoms with E-state index in [-0.39, 0.29) is 0 Å². The van der Waals surface area contributed by atoms with E-state index >= 15 is 0 Å². The van der Waals surface area contributed by atoms with Gasteiger partial charge in [0.25, 0.3) is 0 Å². The maximum absolute atomic E-state index is 4.00. The van der Waals surface area contributed by atoms with Crippen molar-refractivity contribution in [3.8, 4) is 11.8 Å². The average Bonchev–Trinajstić information content (AvgIpc) is 2.63. The molecule has 0 saturated carbocycles. The molecule has 74 valence electrons. The minimum absolute atomic E-state index is 0.486. The van der Waals surface area contributed by atoms with Crippen molar-refractivity contribution in [3.05, 3.63) is 5.82 Å². The van der Waals surface area contributed by atoms with Gasteiger partial charge in [-0.15, -0.1) is 5.10 Å². The molecule has 5 nitrogen and oxygen atoms in total. The molecular weight excluding hydrogens is 178 g/mol. The molecule has 2 rings (SSSR count). The molecule has 0 unspecified atom stereocenters. The Labute approximate surface area is 82.9 Å². The van der Waals surface area contributed by atoms with Crippen LogP contribution in [-0.2, 0) is 7.05 Å². The van der Waals surface area contributed by atoms with Crippen LogP contribution in [0.3, 0.4) is 0 Å². The van der Waals surface area contributed by atoms with Crippen LogP contribution >= 0.6 is 0 Å². The number of hydrogen-bond acceptors (Lipinski definition) is 4. The minimum Gasteiger partial charge on any atom is -0.317 e. The zero-order valence-corrected chi connectivity index (χ0v) is 8.19. The summed E-state index contributed by atoms with van der Waals surface area (Å²) in [6, 6.07) is 0. The van der Waals surface area contributed by atoms with Crippen molar-refractivity contribution in [2.75, 3.05) is 13.1 Å². The van der Waals surface area contributed by atoms with E-state index < -0.39 is 0 Å². The van der Waals surface area contributed by atoms with Gasteiger partial charge in [-0.05, 0) is 37.1 Å². The first-order valence-electron chi connectivity index (χ1n) is 4.81. The topological polar surface area (TPSA) is 55.6 Å². The summed E-state index contributed by atoms with van der Waals surface area (Å²) in [5.74, 6) is 7.14. The normalized spacial score (nSPS) is 17.5. The van der Waals surface area contributed by atoms with E-state index in [1.54, 1.807) is 7.05 Å². The summed E-state index contributed by atoms with van der Waals surface area (Å²) in [6.45, 7) is 2.13. The summed E-state index contributed by atoms with van der Waals surface area (Å²) >= 11 is 0. The largest absolute Gasteiger partial charge is 0.317 e. The fourth-order valence-corrected chi connectivity index (χ4v) is 1.47. The predicted octanol–water partition coefficient (Wildman–Crippen LogP) is -0.439. The Kier molecular flexibility index (Phi) is 2.75. The Morgan fingerprint density at radius 3 is 2.86 bits per heavy atom. The monoisotopic (exact) mass is 191 g/mol. The Hall–Kier alpha value is -1.41. The van der Waals surface area contributed by atoms with Gasteiger partial charge >= 0.3 is 0 Å². The van der Waals surface area contributed by atoms with Crippen LogP contribution in [0.4, 0.5) is 0 Å². The van der Waals surface area contributed by atoms with Gasteiger partial charge in [-0.3, -0.25) is 0 Å². The summed E-state index contributed by atoms with van der Waals surface area (Å²) in [5.41, 5.74) is 0. The number of tetrazole rings is 1. The summed E-state index contributed by atoms with van der Waals surface area (Å²) in [7, 11) is 1.74. The van der Waals surface area contributed by atoms with Gasteiger partial charge in [0, 0.05) is 5.92 Å². The molecule has 1 aliphatic rings. The molecule has 5 heteroatoms. The Bertz CT molecular complexity index is 353. The van der Waals surface area contributed by atoms with Gasteiger partial charge in [-0.2, -0.15) is 4.80 Å². The summed E-state index contributed by atoms with van der Waals surface area (Å²) in [4.78, 5) is 1.42. The van der Waals surface area contributed by atoms with E-state index in [2.05, 4.69) is 32.6 Å². The van der Waals surface area contributed by atoms with Gasteiger partial charge < -0.3 is 5.32 Å². The van der Waals surface area contributed by atoms with Gasteiger partial charge in [-0.1, -0.05) is 11.0 Å². The maximum Gasteiger partial charge on any atom is 0.247 e. The summed E-state index contributed by atoms with van der Waals surface area (Å²) < 4.78 is 0. The Morgan fingerprint density at radius 1 is 1.43 bits per heavy atom. The molecule has 2 heterocycles. The number of aromatic nitrogens is 4. The van der Waals surface area contributed by atoms with Crippen LogP contribution in [-0.4, -0.2) is 33.3 Å². The molecule has 14 heavy (non-hydrogen) atoms. The molecule has 0 aliphatic carbocycles. The number of piperidine rings is 1. The Balaban J connectivity index is 1.98. The fourth-order valence-electron chi connectivity index (χ4n) is 1.47. The van der Waals surface area contributed by atoms with Gasteiger partial charge in [0.2, 0.25) is 5.82 Å². The Morgan fingerprint density at radius 2 is 2.21 bits per heavy atom. The third-order valence-corrected chi connectivity index (χ3v) is 2.24. The second-order valence-corrected chi connectivity index (χ2v) is 3.40. The molecule has 1 N–H and O–H groups in total. The van der Waals surface area contributed by atoms with Crippen molar-refractivity contribution >= 4 is 0 Å². The van der Waals surface area contributed by atoms with Crippen molar-refractivity contribution in [1.82, 2.24) is 25.5 Å². The van der Waals surface area contributed by atoms with Crippen molar-refractivity contribution in [3.63, 3.8) is 0 Å². The third kappa shape index (κ3) is 2.30. The maximum atomic E-state index is 4.00. The molecule has 0 radical (unpaired) electrons. The zero-order chi connectivity index (χ0) is 9.80. The number of aryl methyl sites for hydroxylation is 1. The lowest BCUT2D eigenvalue weighted by molar-refractivity contribution is 0.447. The van der Waals surface area contributed by atoms with E-state index in [9.17, 15) is 0 Å². The lowest BCUT2D eigenvalue weighted by atomic mass is 9.99. The molecule has 0 spiro atoms. The number of hydrogen-bond donors (Lipinski definition) is 1.